The zero-order valence-electron chi connectivity index (χ0n) is 18.6. The molecule has 3 aromatic rings. The van der Waals surface area contributed by atoms with E-state index in [-0.39, 0.29) is 11.3 Å². The minimum atomic E-state index is -1.21. The number of aryl methyl sites for hydroxylation is 2. The quantitative estimate of drug-likeness (QED) is 0.433. The van der Waals surface area contributed by atoms with Crippen molar-refractivity contribution in [2.75, 3.05) is 5.32 Å². The number of hydrogen-bond donors (Lipinski definition) is 4. The molecule has 178 valence electrons. The van der Waals surface area contributed by atoms with Crippen molar-refractivity contribution in [3.63, 3.8) is 0 Å². The molecule has 0 aliphatic heterocycles. The van der Waals surface area contributed by atoms with Gasteiger partial charge in [-0.1, -0.05) is 17.7 Å². The third-order valence-electron chi connectivity index (χ3n) is 5.32. The Morgan fingerprint density at radius 3 is 2.44 bits per heavy atom. The number of carbonyl (C=O) groups excluding carboxylic acids is 1. The Bertz CT molecular complexity index is 1340. The second-order valence-electron chi connectivity index (χ2n) is 7.92. The van der Waals surface area contributed by atoms with E-state index in [1.54, 1.807) is 26.0 Å². The molecule has 8 nitrogen and oxygen atoms in total. The molecule has 0 bridgehead atoms. The smallest absolute Gasteiger partial charge is 0.319 e. The molecule has 0 saturated carbocycles. The Labute approximate surface area is 193 Å². The summed E-state index contributed by atoms with van der Waals surface area (Å²) in [4.78, 5) is 36.5. The Kier molecular flexibility index (Phi) is 7.00. The number of nitrogens with one attached hydrogen (secondary N) is 2. The predicted molar refractivity (Wildman–Crippen MR) is 122 cm³/mol. The zero-order valence-corrected chi connectivity index (χ0v) is 18.6. The van der Waals surface area contributed by atoms with Crippen molar-refractivity contribution in [1.82, 2.24) is 9.88 Å². The maximum Gasteiger partial charge on any atom is 0.319 e. The van der Waals surface area contributed by atoms with Gasteiger partial charge in [0.25, 0.3) is 5.56 Å². The number of rotatable bonds is 6. The summed E-state index contributed by atoms with van der Waals surface area (Å²) in [7, 11) is 1.47. The minimum absolute atomic E-state index is 0.109. The molecule has 1 heterocycles. The number of nitrogens with zero attached hydrogens (tertiary/aromatic N) is 1. The van der Waals surface area contributed by atoms with E-state index in [0.717, 1.165) is 12.1 Å². The second-order valence-corrected chi connectivity index (χ2v) is 7.92. The number of pyridine rings is 1. The van der Waals surface area contributed by atoms with Gasteiger partial charge in [0.15, 0.2) is 5.69 Å². The molecule has 1 atom stereocenters. The van der Waals surface area contributed by atoms with E-state index in [2.05, 4.69) is 10.6 Å². The van der Waals surface area contributed by atoms with Gasteiger partial charge in [0.1, 0.15) is 17.4 Å². The molecule has 1 aromatic heterocycles. The summed E-state index contributed by atoms with van der Waals surface area (Å²) in [6.45, 7) is 3.31. The van der Waals surface area contributed by atoms with E-state index in [0.29, 0.717) is 22.4 Å². The van der Waals surface area contributed by atoms with E-state index in [4.69, 9.17) is 0 Å². The maximum atomic E-state index is 14.3. The lowest BCUT2D eigenvalue weighted by atomic mass is 9.95. The van der Waals surface area contributed by atoms with Gasteiger partial charge in [-0.05, 0) is 43.2 Å². The molecule has 0 fully saturated rings. The van der Waals surface area contributed by atoms with Gasteiger partial charge in [0.05, 0.1) is 12.5 Å². The first-order valence-electron chi connectivity index (χ1n) is 10.2. The van der Waals surface area contributed by atoms with E-state index < -0.39 is 47.4 Å². The minimum Gasteiger partial charge on any atom is -0.505 e. The highest BCUT2D eigenvalue weighted by atomic mass is 19.1. The number of carbonyl (C=O) groups is 2. The number of halogens is 2. The average molecular weight is 471 g/mol. The zero-order chi connectivity index (χ0) is 25.2. The van der Waals surface area contributed by atoms with Crippen LogP contribution in [-0.2, 0) is 11.8 Å². The largest absolute Gasteiger partial charge is 0.505 e. The highest BCUT2D eigenvalue weighted by Crippen LogP contribution is 2.29. The molecule has 0 aliphatic carbocycles. The van der Waals surface area contributed by atoms with E-state index in [1.807, 2.05) is 0 Å². The molecule has 0 spiro atoms. The number of carboxylic acids is 1. The summed E-state index contributed by atoms with van der Waals surface area (Å²) in [5.74, 6) is -3.17. The highest BCUT2D eigenvalue weighted by Gasteiger charge is 2.22. The van der Waals surface area contributed by atoms with Gasteiger partial charge in [-0.25, -0.2) is 13.6 Å². The van der Waals surface area contributed by atoms with Gasteiger partial charge in [-0.15, -0.1) is 0 Å². The van der Waals surface area contributed by atoms with Crippen LogP contribution >= 0.6 is 0 Å². The van der Waals surface area contributed by atoms with Gasteiger partial charge >= 0.3 is 12.0 Å². The van der Waals surface area contributed by atoms with Crippen molar-refractivity contribution >= 4 is 17.7 Å². The summed E-state index contributed by atoms with van der Waals surface area (Å²) >= 11 is 0. The molecule has 34 heavy (non-hydrogen) atoms. The average Bonchev–Trinajstić information content (AvgIpc) is 2.74. The van der Waals surface area contributed by atoms with Gasteiger partial charge in [0.2, 0.25) is 0 Å². The number of aliphatic carboxylic acids is 1. The van der Waals surface area contributed by atoms with Gasteiger partial charge in [-0.2, -0.15) is 0 Å². The maximum absolute atomic E-state index is 14.3. The Balaban J connectivity index is 1.94. The highest BCUT2D eigenvalue weighted by molar-refractivity contribution is 5.91. The lowest BCUT2D eigenvalue weighted by molar-refractivity contribution is -0.137. The van der Waals surface area contributed by atoms with Crippen LogP contribution in [-0.4, -0.2) is 26.8 Å². The topological polar surface area (TPSA) is 121 Å². The SMILES string of the molecule is Cc1cc(-c2ccc(F)cc2F)cc(C(CC(=O)O)NC(=O)Nc2c(O)cc(C)n(C)c2=O)c1. The van der Waals surface area contributed by atoms with Crippen molar-refractivity contribution < 1.29 is 28.6 Å². The molecule has 0 radical (unpaired) electrons. The van der Waals surface area contributed by atoms with E-state index in [1.165, 1.54) is 29.8 Å². The Hall–Kier alpha value is -4.21. The number of aromatic nitrogens is 1. The summed E-state index contributed by atoms with van der Waals surface area (Å²) in [5.41, 5.74) is 0.951. The van der Waals surface area contributed by atoms with Crippen LogP contribution in [0.4, 0.5) is 19.3 Å². The van der Waals surface area contributed by atoms with Crippen LogP contribution in [0.1, 0.15) is 29.3 Å². The third kappa shape index (κ3) is 5.40. The summed E-state index contributed by atoms with van der Waals surface area (Å²) in [6, 6.07) is 7.21. The molecule has 0 saturated heterocycles. The van der Waals surface area contributed by atoms with Crippen LogP contribution in [0, 0.1) is 25.5 Å². The van der Waals surface area contributed by atoms with Gasteiger partial charge in [-0.3, -0.25) is 9.59 Å². The van der Waals surface area contributed by atoms with Gasteiger partial charge in [0, 0.05) is 30.4 Å². The fourth-order valence-corrected chi connectivity index (χ4v) is 3.55. The van der Waals surface area contributed by atoms with Crippen molar-refractivity contribution in [2.24, 2.45) is 7.05 Å². The summed E-state index contributed by atoms with van der Waals surface area (Å²) in [6.07, 6.45) is -0.514. The fourth-order valence-electron chi connectivity index (χ4n) is 3.55. The van der Waals surface area contributed by atoms with E-state index >= 15 is 0 Å². The van der Waals surface area contributed by atoms with Gasteiger partial charge < -0.3 is 25.4 Å². The van der Waals surface area contributed by atoms with Crippen LogP contribution in [0.5, 0.6) is 5.75 Å². The standard InChI is InChI=1S/C24H23F2N3O5/c1-12-6-14(17-5-4-16(25)10-18(17)26)9-15(7-12)19(11-21(31)32)27-24(34)28-22-20(30)8-13(2)29(3)23(22)33/h4-10,19,30H,11H2,1-3H3,(H,31,32)(H2,27,28,34). The lowest BCUT2D eigenvalue weighted by Crippen LogP contribution is -2.36. The molecule has 3 rings (SSSR count). The molecule has 4 N–H and O–H groups in total. The first-order chi connectivity index (χ1) is 16.0. The Morgan fingerprint density at radius 2 is 1.79 bits per heavy atom. The monoisotopic (exact) mass is 471 g/mol. The fraction of sp³-hybridized carbons (Fsp3) is 0.208. The number of amides is 2. The van der Waals surface area contributed by atoms with Crippen LogP contribution in [0.15, 0.2) is 47.3 Å². The first-order valence-corrected chi connectivity index (χ1v) is 10.2. The van der Waals surface area contributed by atoms with E-state index in [9.17, 15) is 33.4 Å². The van der Waals surface area contributed by atoms with Crippen LogP contribution in [0.3, 0.4) is 0 Å². The number of aromatic hydroxyl groups is 1. The molecule has 1 unspecified atom stereocenters. The number of benzene rings is 2. The first kappa shape index (κ1) is 24.4. The molecule has 2 aromatic carbocycles. The van der Waals surface area contributed by atoms with Crippen molar-refractivity contribution in [3.05, 3.63) is 81.3 Å². The summed E-state index contributed by atoms with van der Waals surface area (Å²) < 4.78 is 28.9. The van der Waals surface area contributed by atoms with Crippen LogP contribution in [0.25, 0.3) is 11.1 Å². The molecular weight excluding hydrogens is 448 g/mol. The molecule has 10 heteroatoms. The van der Waals surface area contributed by atoms with Crippen molar-refractivity contribution in [3.8, 4) is 16.9 Å². The van der Waals surface area contributed by atoms with Crippen LogP contribution in [0.2, 0.25) is 0 Å². The lowest BCUT2D eigenvalue weighted by Gasteiger charge is -2.20. The number of anilines is 1. The number of hydrogen-bond acceptors (Lipinski definition) is 4. The van der Waals surface area contributed by atoms with Crippen LogP contribution < -0.4 is 16.2 Å². The predicted octanol–water partition coefficient (Wildman–Crippen LogP) is 3.99. The Morgan fingerprint density at radius 1 is 1.09 bits per heavy atom. The number of carboxylic acid groups (broad SMARTS) is 1. The normalized spacial score (nSPS) is 11.7. The molecule has 0 aliphatic rings. The second kappa shape index (κ2) is 9.74. The van der Waals surface area contributed by atoms with Crippen molar-refractivity contribution in [2.45, 2.75) is 26.3 Å². The van der Waals surface area contributed by atoms with Crippen molar-refractivity contribution in [1.29, 1.82) is 0 Å². The third-order valence-corrected chi connectivity index (χ3v) is 5.32. The summed E-state index contributed by atoms with van der Waals surface area (Å²) in [5, 5.41) is 24.2. The molecule has 2 amide bonds. The number of urea groups is 1. The molecular formula is C24H23F2N3O5.